The monoisotopic (exact) mass is 248 g/mol. The summed E-state index contributed by atoms with van der Waals surface area (Å²) < 4.78 is 0. The van der Waals surface area contributed by atoms with E-state index in [2.05, 4.69) is 11.6 Å². The van der Waals surface area contributed by atoms with Gasteiger partial charge in [-0.2, -0.15) is 0 Å². The molecule has 0 radical (unpaired) electrons. The summed E-state index contributed by atoms with van der Waals surface area (Å²) in [5.41, 5.74) is 0.866. The van der Waals surface area contributed by atoms with Crippen LogP contribution in [0.2, 0.25) is 0 Å². The van der Waals surface area contributed by atoms with E-state index in [1.165, 1.54) is 18.2 Å². The average Bonchev–Trinajstić information content (AvgIpc) is 2.35. The Morgan fingerprint density at radius 2 is 2.00 bits per heavy atom. The van der Waals surface area contributed by atoms with Gasteiger partial charge < -0.3 is 10.0 Å². The Hall–Kier alpha value is -2.17. The lowest BCUT2D eigenvalue weighted by molar-refractivity contribution is 0.0690. The fourth-order valence-electron chi connectivity index (χ4n) is 1.49. The van der Waals surface area contributed by atoms with Crippen LogP contribution in [0.3, 0.4) is 0 Å². The number of pyridine rings is 1. The van der Waals surface area contributed by atoms with Crippen molar-refractivity contribution < 1.29 is 14.7 Å². The minimum absolute atomic E-state index is 0.132. The molecule has 1 aromatic rings. The van der Waals surface area contributed by atoms with E-state index in [0.29, 0.717) is 13.1 Å². The fraction of sp³-hybridized carbons (Fsp3) is 0.308. The first-order valence-electron chi connectivity index (χ1n) is 5.59. The number of carboxylic acids is 1. The van der Waals surface area contributed by atoms with E-state index in [1.54, 1.807) is 4.90 Å². The molecule has 96 valence electrons. The van der Waals surface area contributed by atoms with Gasteiger partial charge in [0.15, 0.2) is 0 Å². The molecular weight excluding hydrogens is 232 g/mol. The third kappa shape index (κ3) is 3.41. The van der Waals surface area contributed by atoms with Gasteiger partial charge in [0.05, 0.1) is 0 Å². The third-order valence-corrected chi connectivity index (χ3v) is 2.32. The van der Waals surface area contributed by atoms with E-state index < -0.39 is 5.97 Å². The van der Waals surface area contributed by atoms with Crippen molar-refractivity contribution in [1.29, 1.82) is 0 Å². The summed E-state index contributed by atoms with van der Waals surface area (Å²) in [4.78, 5) is 28.3. The molecule has 5 nitrogen and oxygen atoms in total. The van der Waals surface area contributed by atoms with E-state index in [0.717, 1.165) is 5.57 Å². The Morgan fingerprint density at radius 1 is 1.39 bits per heavy atom. The van der Waals surface area contributed by atoms with Crippen molar-refractivity contribution in [3.05, 3.63) is 41.7 Å². The van der Waals surface area contributed by atoms with Crippen molar-refractivity contribution in [2.24, 2.45) is 0 Å². The van der Waals surface area contributed by atoms with E-state index in [9.17, 15) is 9.59 Å². The summed E-state index contributed by atoms with van der Waals surface area (Å²) in [5, 5.41) is 8.83. The zero-order valence-electron chi connectivity index (χ0n) is 10.5. The van der Waals surface area contributed by atoms with Crippen LogP contribution < -0.4 is 0 Å². The second kappa shape index (κ2) is 5.95. The molecule has 1 heterocycles. The van der Waals surface area contributed by atoms with Gasteiger partial charge >= 0.3 is 5.97 Å². The summed E-state index contributed by atoms with van der Waals surface area (Å²) in [5.74, 6) is -1.43. The number of likely N-dealkylation sites (N-methyl/N-ethyl adjacent to an activating group) is 1. The quantitative estimate of drug-likeness (QED) is 0.807. The van der Waals surface area contributed by atoms with Gasteiger partial charge in [-0.25, -0.2) is 9.78 Å². The highest BCUT2D eigenvalue weighted by molar-refractivity contribution is 5.94. The maximum Gasteiger partial charge on any atom is 0.354 e. The second-order valence-electron chi connectivity index (χ2n) is 3.99. The molecule has 0 unspecified atom stereocenters. The molecule has 18 heavy (non-hydrogen) atoms. The van der Waals surface area contributed by atoms with Gasteiger partial charge in [-0.05, 0) is 26.0 Å². The molecule has 1 rings (SSSR count). The molecule has 0 saturated carbocycles. The van der Waals surface area contributed by atoms with Crippen LogP contribution in [0.15, 0.2) is 30.4 Å². The molecule has 0 aromatic carbocycles. The van der Waals surface area contributed by atoms with Crippen molar-refractivity contribution in [3.63, 3.8) is 0 Å². The van der Waals surface area contributed by atoms with Crippen LogP contribution >= 0.6 is 0 Å². The smallest absolute Gasteiger partial charge is 0.354 e. The van der Waals surface area contributed by atoms with Crippen molar-refractivity contribution in [3.8, 4) is 0 Å². The van der Waals surface area contributed by atoms with E-state index in [1.807, 2.05) is 13.8 Å². The second-order valence-corrected chi connectivity index (χ2v) is 3.99. The zero-order valence-corrected chi connectivity index (χ0v) is 10.5. The Morgan fingerprint density at radius 3 is 2.50 bits per heavy atom. The van der Waals surface area contributed by atoms with E-state index >= 15 is 0 Å². The lowest BCUT2D eigenvalue weighted by atomic mass is 10.2. The Kier molecular flexibility index (Phi) is 4.59. The highest BCUT2D eigenvalue weighted by atomic mass is 16.4. The van der Waals surface area contributed by atoms with Crippen LogP contribution in [-0.2, 0) is 0 Å². The standard InChI is InChI=1S/C13H16N2O3/c1-4-15(8-9(2)3)12(16)10-6-5-7-11(14-10)13(17)18/h5-7H,2,4,8H2,1,3H3,(H,17,18). The number of amides is 1. The van der Waals surface area contributed by atoms with E-state index in [-0.39, 0.29) is 17.3 Å². The molecule has 0 fully saturated rings. The molecule has 1 N–H and O–H groups in total. The molecule has 0 aliphatic carbocycles. The fourth-order valence-corrected chi connectivity index (χ4v) is 1.49. The normalized spacial score (nSPS) is 9.89. The molecule has 1 amide bonds. The molecule has 0 aliphatic rings. The van der Waals surface area contributed by atoms with E-state index in [4.69, 9.17) is 5.11 Å². The topological polar surface area (TPSA) is 70.5 Å². The maximum atomic E-state index is 12.1. The van der Waals surface area contributed by atoms with Crippen molar-refractivity contribution in [1.82, 2.24) is 9.88 Å². The Labute approximate surface area is 106 Å². The highest BCUT2D eigenvalue weighted by Crippen LogP contribution is 2.06. The first-order valence-corrected chi connectivity index (χ1v) is 5.59. The van der Waals surface area contributed by atoms with Crippen LogP contribution in [0.25, 0.3) is 0 Å². The van der Waals surface area contributed by atoms with Crippen molar-refractivity contribution in [2.45, 2.75) is 13.8 Å². The van der Waals surface area contributed by atoms with Gasteiger partial charge in [0.25, 0.3) is 5.91 Å². The van der Waals surface area contributed by atoms with Gasteiger partial charge in [-0.15, -0.1) is 0 Å². The number of hydrogen-bond donors (Lipinski definition) is 1. The summed E-state index contributed by atoms with van der Waals surface area (Å²) in [6.07, 6.45) is 0. The van der Waals surface area contributed by atoms with Gasteiger partial charge in [-0.1, -0.05) is 18.2 Å². The van der Waals surface area contributed by atoms with Gasteiger partial charge in [0.1, 0.15) is 11.4 Å². The van der Waals surface area contributed by atoms with Gasteiger partial charge in [0.2, 0.25) is 0 Å². The lowest BCUT2D eigenvalue weighted by Gasteiger charge is -2.20. The first kappa shape index (κ1) is 13.9. The summed E-state index contributed by atoms with van der Waals surface area (Å²) in [6.45, 7) is 8.39. The van der Waals surface area contributed by atoms with Crippen LogP contribution in [0.4, 0.5) is 0 Å². The highest BCUT2D eigenvalue weighted by Gasteiger charge is 2.17. The minimum Gasteiger partial charge on any atom is -0.477 e. The number of carboxylic acid groups (broad SMARTS) is 1. The zero-order chi connectivity index (χ0) is 13.7. The molecule has 0 aliphatic heterocycles. The molecule has 5 heteroatoms. The maximum absolute atomic E-state index is 12.1. The van der Waals surface area contributed by atoms with Crippen molar-refractivity contribution >= 4 is 11.9 Å². The number of rotatable bonds is 5. The van der Waals surface area contributed by atoms with Gasteiger partial charge in [0, 0.05) is 13.1 Å². The number of nitrogens with zero attached hydrogens (tertiary/aromatic N) is 2. The summed E-state index contributed by atoms with van der Waals surface area (Å²) >= 11 is 0. The summed E-state index contributed by atoms with van der Waals surface area (Å²) in [6, 6.07) is 4.38. The predicted molar refractivity (Wildman–Crippen MR) is 67.6 cm³/mol. The van der Waals surface area contributed by atoms with Crippen LogP contribution in [0.5, 0.6) is 0 Å². The van der Waals surface area contributed by atoms with Crippen molar-refractivity contribution in [2.75, 3.05) is 13.1 Å². The number of carbonyl (C=O) groups excluding carboxylic acids is 1. The Balaban J connectivity index is 2.98. The first-order chi connectivity index (χ1) is 8.45. The molecule has 0 spiro atoms. The molecule has 0 atom stereocenters. The molecule has 0 bridgehead atoms. The van der Waals surface area contributed by atoms with Crippen LogP contribution in [0.1, 0.15) is 34.8 Å². The molecule has 1 aromatic heterocycles. The number of aromatic nitrogens is 1. The average molecular weight is 248 g/mol. The van der Waals surface area contributed by atoms with Crippen LogP contribution in [-0.4, -0.2) is 40.0 Å². The molecule has 0 saturated heterocycles. The summed E-state index contributed by atoms with van der Waals surface area (Å²) in [7, 11) is 0. The predicted octanol–water partition coefficient (Wildman–Crippen LogP) is 1.82. The SMILES string of the molecule is C=C(C)CN(CC)C(=O)c1cccc(C(=O)O)n1. The number of hydrogen-bond acceptors (Lipinski definition) is 3. The third-order valence-electron chi connectivity index (χ3n) is 2.32. The van der Waals surface area contributed by atoms with Crippen LogP contribution in [0, 0.1) is 0 Å². The van der Waals surface area contributed by atoms with Gasteiger partial charge in [-0.3, -0.25) is 4.79 Å². The molecular formula is C13H16N2O3. The minimum atomic E-state index is -1.15. The number of carbonyl (C=O) groups is 2. The lowest BCUT2D eigenvalue weighted by Crippen LogP contribution is -2.33. The largest absolute Gasteiger partial charge is 0.477 e. The Bertz CT molecular complexity index is 483. The number of aromatic carboxylic acids is 1.